The molecule has 126 valence electrons. The molecule has 4 heteroatoms. The number of rotatable bonds is 6. The molecule has 0 saturated carbocycles. The van der Waals surface area contributed by atoms with Gasteiger partial charge >= 0.3 is 5.97 Å². The summed E-state index contributed by atoms with van der Waals surface area (Å²) in [6.45, 7) is 5.07. The third kappa shape index (κ3) is 3.95. The molecule has 1 heterocycles. The highest BCUT2D eigenvalue weighted by Crippen LogP contribution is 2.27. The van der Waals surface area contributed by atoms with Crippen molar-refractivity contribution in [3.05, 3.63) is 65.7 Å². The van der Waals surface area contributed by atoms with Crippen LogP contribution in [0, 0.1) is 0 Å². The van der Waals surface area contributed by atoms with Crippen LogP contribution >= 0.6 is 0 Å². The second-order valence-electron chi connectivity index (χ2n) is 6.19. The van der Waals surface area contributed by atoms with Gasteiger partial charge in [0.25, 0.3) is 0 Å². The number of hydrogen-bond acceptors (Lipinski definition) is 3. The Hall–Kier alpha value is -2.33. The number of esters is 1. The fourth-order valence-corrected chi connectivity index (χ4v) is 3.20. The number of nitrogens with zero attached hydrogens (tertiary/aromatic N) is 1. The molecule has 0 amide bonds. The second-order valence-corrected chi connectivity index (χ2v) is 6.19. The number of carbonyl (C=O) groups is 1. The number of hydroxylamine groups is 3. The van der Waals surface area contributed by atoms with Crippen molar-refractivity contribution in [1.29, 1.82) is 0 Å². The van der Waals surface area contributed by atoms with Crippen LogP contribution in [0.5, 0.6) is 5.75 Å². The first kappa shape index (κ1) is 16.5. The average Bonchev–Trinajstić information content (AvgIpc) is 3.04. The lowest BCUT2D eigenvalue weighted by Crippen LogP contribution is -2.47. The maximum absolute atomic E-state index is 11.7. The van der Waals surface area contributed by atoms with Gasteiger partial charge in [-0.2, -0.15) is 0 Å². The molecule has 3 rings (SSSR count). The van der Waals surface area contributed by atoms with Crippen LogP contribution in [0.4, 0.5) is 0 Å². The second kappa shape index (κ2) is 7.49. The monoisotopic (exact) mass is 326 g/mol. The number of likely N-dealkylation sites (tertiary alicyclic amines) is 1. The standard InChI is InChI=1S/C20H24NO3/c1-2-23-20(22)18-10-12-19(13-11-18)24-21(14-6-7-15-21)16-17-8-4-3-5-9-17/h3-5,8-13H,2,6-7,14-16H2,1H3/q+1. The SMILES string of the molecule is CCOC(=O)c1ccc(O[N+]2(Cc3ccccc3)CCCC2)cc1. The summed E-state index contributed by atoms with van der Waals surface area (Å²) >= 11 is 0. The number of quaternary nitrogens is 1. The molecular formula is C20H24NO3+. The molecule has 24 heavy (non-hydrogen) atoms. The van der Waals surface area contributed by atoms with E-state index in [0.29, 0.717) is 16.8 Å². The number of carbonyl (C=O) groups excluding carboxylic acids is 1. The molecule has 2 aromatic rings. The molecule has 0 spiro atoms. The van der Waals surface area contributed by atoms with E-state index >= 15 is 0 Å². The van der Waals surface area contributed by atoms with Crippen molar-refractivity contribution >= 4 is 5.97 Å². The van der Waals surface area contributed by atoms with E-state index in [1.165, 1.54) is 18.4 Å². The van der Waals surface area contributed by atoms with Crippen LogP contribution < -0.4 is 4.84 Å². The predicted octanol–water partition coefficient (Wildman–Crippen LogP) is 3.97. The number of benzene rings is 2. The van der Waals surface area contributed by atoms with Crippen LogP contribution in [0.25, 0.3) is 0 Å². The number of hydrogen-bond donors (Lipinski definition) is 0. The largest absolute Gasteiger partial charge is 0.462 e. The fraction of sp³-hybridized carbons (Fsp3) is 0.350. The van der Waals surface area contributed by atoms with Crippen LogP contribution in [0.1, 0.15) is 35.7 Å². The lowest BCUT2D eigenvalue weighted by atomic mass is 10.2. The molecule has 0 unspecified atom stereocenters. The van der Waals surface area contributed by atoms with Crippen molar-refractivity contribution in [3.63, 3.8) is 0 Å². The van der Waals surface area contributed by atoms with Gasteiger partial charge in [-0.15, -0.1) is 4.65 Å². The third-order valence-corrected chi connectivity index (χ3v) is 4.36. The smallest absolute Gasteiger partial charge is 0.338 e. The van der Waals surface area contributed by atoms with Gasteiger partial charge < -0.3 is 9.57 Å². The minimum atomic E-state index is -0.293. The molecule has 0 aromatic heterocycles. The van der Waals surface area contributed by atoms with Crippen molar-refractivity contribution in [2.45, 2.75) is 26.3 Å². The minimum absolute atomic E-state index is 0.293. The Morgan fingerprint density at radius 1 is 1.00 bits per heavy atom. The van der Waals surface area contributed by atoms with E-state index in [2.05, 4.69) is 24.3 Å². The molecule has 1 aliphatic rings. The van der Waals surface area contributed by atoms with E-state index in [1.54, 1.807) is 19.1 Å². The molecule has 0 bridgehead atoms. The number of ether oxygens (including phenoxy) is 1. The maximum Gasteiger partial charge on any atom is 0.338 e. The first-order valence-electron chi connectivity index (χ1n) is 8.58. The molecule has 0 atom stereocenters. The Labute approximate surface area is 143 Å². The van der Waals surface area contributed by atoms with Gasteiger partial charge in [-0.05, 0) is 31.2 Å². The zero-order chi connectivity index (χ0) is 16.8. The lowest BCUT2D eigenvalue weighted by Gasteiger charge is -2.31. The molecule has 2 aromatic carbocycles. The van der Waals surface area contributed by atoms with E-state index in [4.69, 9.17) is 9.57 Å². The quantitative estimate of drug-likeness (QED) is 0.595. The first-order chi connectivity index (χ1) is 11.7. The van der Waals surface area contributed by atoms with Crippen LogP contribution in [0.15, 0.2) is 54.6 Å². The summed E-state index contributed by atoms with van der Waals surface area (Å²) in [5.74, 6) is 0.499. The highest BCUT2D eigenvalue weighted by molar-refractivity contribution is 5.89. The Bertz CT molecular complexity index is 661. The van der Waals surface area contributed by atoms with Crippen LogP contribution in [-0.4, -0.2) is 30.3 Å². The Morgan fingerprint density at radius 2 is 1.67 bits per heavy atom. The fourth-order valence-electron chi connectivity index (χ4n) is 3.20. The zero-order valence-corrected chi connectivity index (χ0v) is 14.1. The molecule has 1 aliphatic heterocycles. The molecule has 0 N–H and O–H groups in total. The molecule has 4 nitrogen and oxygen atoms in total. The van der Waals surface area contributed by atoms with E-state index in [0.717, 1.165) is 25.4 Å². The average molecular weight is 326 g/mol. The zero-order valence-electron chi connectivity index (χ0n) is 14.1. The highest BCUT2D eigenvalue weighted by Gasteiger charge is 2.35. The maximum atomic E-state index is 11.7. The van der Waals surface area contributed by atoms with Gasteiger partial charge in [0.2, 0.25) is 0 Å². The molecule has 0 aliphatic carbocycles. The van der Waals surface area contributed by atoms with E-state index in [1.807, 2.05) is 18.2 Å². The summed E-state index contributed by atoms with van der Waals surface area (Å²) in [4.78, 5) is 18.1. The van der Waals surface area contributed by atoms with Crippen LogP contribution in [0.2, 0.25) is 0 Å². The summed E-state index contributed by atoms with van der Waals surface area (Å²) in [6.07, 6.45) is 2.35. The van der Waals surface area contributed by atoms with Crippen LogP contribution in [-0.2, 0) is 11.3 Å². The van der Waals surface area contributed by atoms with Gasteiger partial charge in [0.1, 0.15) is 19.6 Å². The minimum Gasteiger partial charge on any atom is -0.462 e. The third-order valence-electron chi connectivity index (χ3n) is 4.36. The summed E-state index contributed by atoms with van der Waals surface area (Å²) in [7, 11) is 0. The van der Waals surface area contributed by atoms with Crippen molar-refractivity contribution in [2.75, 3.05) is 19.7 Å². The topological polar surface area (TPSA) is 35.5 Å². The van der Waals surface area contributed by atoms with Crippen LogP contribution in [0.3, 0.4) is 0 Å². The summed E-state index contributed by atoms with van der Waals surface area (Å²) in [6, 6.07) is 17.7. The molecule has 0 radical (unpaired) electrons. The molecular weight excluding hydrogens is 302 g/mol. The summed E-state index contributed by atoms with van der Waals surface area (Å²) < 4.78 is 5.63. The highest BCUT2D eigenvalue weighted by atomic mass is 16.7. The first-order valence-corrected chi connectivity index (χ1v) is 8.58. The summed E-state index contributed by atoms with van der Waals surface area (Å²) in [5.41, 5.74) is 1.84. The predicted molar refractivity (Wildman–Crippen MR) is 92.4 cm³/mol. The van der Waals surface area contributed by atoms with Gasteiger partial charge in [-0.25, -0.2) is 4.79 Å². The van der Waals surface area contributed by atoms with Crippen molar-refractivity contribution < 1.29 is 19.0 Å². The lowest BCUT2D eigenvalue weighted by molar-refractivity contribution is -1.08. The van der Waals surface area contributed by atoms with E-state index < -0.39 is 0 Å². The van der Waals surface area contributed by atoms with Gasteiger partial charge in [-0.1, -0.05) is 30.3 Å². The van der Waals surface area contributed by atoms with Gasteiger partial charge in [0.05, 0.1) is 12.2 Å². The molecule has 1 saturated heterocycles. The Morgan fingerprint density at radius 3 is 2.29 bits per heavy atom. The summed E-state index contributed by atoms with van der Waals surface area (Å²) in [5, 5.41) is 0. The normalized spacial score (nSPS) is 15.9. The van der Waals surface area contributed by atoms with Crippen molar-refractivity contribution in [1.82, 2.24) is 0 Å². The van der Waals surface area contributed by atoms with E-state index in [-0.39, 0.29) is 5.97 Å². The van der Waals surface area contributed by atoms with E-state index in [9.17, 15) is 4.79 Å². The van der Waals surface area contributed by atoms with Crippen molar-refractivity contribution in [3.8, 4) is 5.75 Å². The Balaban J connectivity index is 1.73. The van der Waals surface area contributed by atoms with Crippen molar-refractivity contribution in [2.24, 2.45) is 0 Å². The van der Waals surface area contributed by atoms with Gasteiger partial charge in [0.15, 0.2) is 5.75 Å². The molecule has 1 fully saturated rings. The van der Waals surface area contributed by atoms with Gasteiger partial charge in [0, 0.05) is 18.4 Å². The Kier molecular flexibility index (Phi) is 5.16. The van der Waals surface area contributed by atoms with Gasteiger partial charge in [-0.3, -0.25) is 0 Å².